The van der Waals surface area contributed by atoms with Gasteiger partial charge in [-0.2, -0.15) is 5.10 Å². The molecule has 0 bridgehead atoms. The Morgan fingerprint density at radius 2 is 1.92 bits per heavy atom. The van der Waals surface area contributed by atoms with Gasteiger partial charge in [0.05, 0.1) is 27.9 Å². The smallest absolute Gasteiger partial charge is 0.240 e. The molecule has 25 heavy (non-hydrogen) atoms. The van der Waals surface area contributed by atoms with Crippen molar-refractivity contribution in [3.63, 3.8) is 0 Å². The summed E-state index contributed by atoms with van der Waals surface area (Å²) in [5, 5.41) is 5.64. The average Bonchev–Trinajstić information content (AvgIpc) is 2.57. The van der Waals surface area contributed by atoms with Crippen molar-refractivity contribution in [2.45, 2.75) is 12.8 Å². The monoisotopic (exact) mass is 418 g/mol. The van der Waals surface area contributed by atoms with E-state index in [9.17, 15) is 4.79 Å². The second kappa shape index (κ2) is 9.88. The van der Waals surface area contributed by atoms with Crippen LogP contribution in [0.25, 0.3) is 0 Å². The number of hydrazone groups is 1. The standard InChI is InChI=1S/C17H14Cl4N2O2/c18-12-6-7-15(14(20)9-12)25-8-2-5-16(24)23-22-10-11-3-1-4-13(19)17(11)21/h1,3-4,6-7,9-10H,2,5,8H2,(H,23,24)/b22-10-. The lowest BCUT2D eigenvalue weighted by molar-refractivity contribution is -0.121. The normalized spacial score (nSPS) is 10.9. The fourth-order valence-electron chi connectivity index (χ4n) is 1.86. The minimum atomic E-state index is -0.236. The van der Waals surface area contributed by atoms with E-state index in [1.54, 1.807) is 36.4 Å². The van der Waals surface area contributed by atoms with Crippen molar-refractivity contribution in [3.05, 3.63) is 62.1 Å². The molecule has 1 N–H and O–H groups in total. The summed E-state index contributed by atoms with van der Waals surface area (Å²) in [6, 6.07) is 10.1. The van der Waals surface area contributed by atoms with Gasteiger partial charge in [0.2, 0.25) is 5.91 Å². The summed E-state index contributed by atoms with van der Waals surface area (Å²) in [7, 11) is 0. The van der Waals surface area contributed by atoms with Crippen molar-refractivity contribution < 1.29 is 9.53 Å². The second-order valence-corrected chi connectivity index (χ2v) is 6.59. The molecule has 0 unspecified atom stereocenters. The molecule has 0 fully saturated rings. The van der Waals surface area contributed by atoms with Crippen LogP contribution >= 0.6 is 46.4 Å². The summed E-state index contributed by atoms with van der Waals surface area (Å²) in [6.07, 6.45) is 2.21. The van der Waals surface area contributed by atoms with Gasteiger partial charge in [0.1, 0.15) is 5.75 Å². The molecule has 0 saturated heterocycles. The van der Waals surface area contributed by atoms with E-state index in [1.807, 2.05) is 0 Å². The zero-order valence-corrected chi connectivity index (χ0v) is 16.0. The average molecular weight is 420 g/mol. The summed E-state index contributed by atoms with van der Waals surface area (Å²) >= 11 is 23.7. The summed E-state index contributed by atoms with van der Waals surface area (Å²) in [4.78, 5) is 11.7. The quantitative estimate of drug-likeness (QED) is 0.360. The van der Waals surface area contributed by atoms with Crippen LogP contribution < -0.4 is 10.2 Å². The number of amides is 1. The van der Waals surface area contributed by atoms with E-state index in [1.165, 1.54) is 6.21 Å². The van der Waals surface area contributed by atoms with Crippen LogP contribution in [0.2, 0.25) is 20.1 Å². The molecule has 0 aromatic heterocycles. The van der Waals surface area contributed by atoms with E-state index in [0.29, 0.717) is 44.4 Å². The molecular formula is C17H14Cl4N2O2. The van der Waals surface area contributed by atoms with Crippen LogP contribution in [0.4, 0.5) is 0 Å². The molecule has 8 heteroatoms. The maximum atomic E-state index is 11.7. The third kappa shape index (κ3) is 6.40. The number of hydrogen-bond donors (Lipinski definition) is 1. The highest BCUT2D eigenvalue weighted by molar-refractivity contribution is 6.43. The third-order valence-corrected chi connectivity index (χ3v) is 4.44. The molecule has 0 aliphatic heterocycles. The first-order chi connectivity index (χ1) is 12.0. The van der Waals surface area contributed by atoms with Crippen molar-refractivity contribution in [1.29, 1.82) is 0 Å². The summed E-state index contributed by atoms with van der Waals surface area (Å²) < 4.78 is 5.50. The van der Waals surface area contributed by atoms with E-state index in [2.05, 4.69) is 10.5 Å². The lowest BCUT2D eigenvalue weighted by Gasteiger charge is -2.07. The minimum Gasteiger partial charge on any atom is -0.492 e. The molecule has 0 saturated carbocycles. The Bertz CT molecular complexity index is 781. The maximum Gasteiger partial charge on any atom is 0.240 e. The number of hydrogen-bond acceptors (Lipinski definition) is 3. The highest BCUT2D eigenvalue weighted by Crippen LogP contribution is 2.27. The van der Waals surface area contributed by atoms with E-state index in [-0.39, 0.29) is 12.3 Å². The topological polar surface area (TPSA) is 50.7 Å². The maximum absolute atomic E-state index is 11.7. The van der Waals surface area contributed by atoms with Crippen molar-refractivity contribution in [1.82, 2.24) is 5.43 Å². The molecule has 0 radical (unpaired) electrons. The third-order valence-electron chi connectivity index (χ3n) is 3.07. The molecule has 1 amide bonds. The van der Waals surface area contributed by atoms with Crippen LogP contribution in [0.5, 0.6) is 5.75 Å². The largest absolute Gasteiger partial charge is 0.492 e. The van der Waals surface area contributed by atoms with Gasteiger partial charge in [-0.3, -0.25) is 4.79 Å². The number of carbonyl (C=O) groups is 1. The fraction of sp³-hybridized carbons (Fsp3) is 0.176. The highest BCUT2D eigenvalue weighted by Gasteiger charge is 2.05. The minimum absolute atomic E-state index is 0.236. The van der Waals surface area contributed by atoms with Gasteiger partial charge in [-0.05, 0) is 30.7 Å². The first-order valence-electron chi connectivity index (χ1n) is 7.31. The Labute approximate surface area is 165 Å². The summed E-state index contributed by atoms with van der Waals surface area (Å²) in [5.41, 5.74) is 3.05. The molecular weight excluding hydrogens is 406 g/mol. The molecule has 2 aromatic rings. The van der Waals surface area contributed by atoms with Crippen LogP contribution in [0.1, 0.15) is 18.4 Å². The second-order valence-electron chi connectivity index (χ2n) is 4.96. The van der Waals surface area contributed by atoms with Crippen LogP contribution in [-0.2, 0) is 4.79 Å². The van der Waals surface area contributed by atoms with E-state index in [4.69, 9.17) is 51.1 Å². The Hall–Kier alpha value is -1.46. The lowest BCUT2D eigenvalue weighted by atomic mass is 10.2. The van der Waals surface area contributed by atoms with E-state index >= 15 is 0 Å². The molecule has 0 aliphatic rings. The van der Waals surface area contributed by atoms with Crippen molar-refractivity contribution >= 4 is 58.5 Å². The van der Waals surface area contributed by atoms with Crippen molar-refractivity contribution in [3.8, 4) is 5.75 Å². The van der Waals surface area contributed by atoms with Gasteiger partial charge < -0.3 is 4.74 Å². The van der Waals surface area contributed by atoms with Gasteiger partial charge in [-0.15, -0.1) is 0 Å². The molecule has 0 spiro atoms. The van der Waals surface area contributed by atoms with E-state index in [0.717, 1.165) is 0 Å². The molecule has 0 aliphatic carbocycles. The van der Waals surface area contributed by atoms with E-state index < -0.39 is 0 Å². The van der Waals surface area contributed by atoms with Gasteiger partial charge >= 0.3 is 0 Å². The SMILES string of the molecule is O=C(CCCOc1ccc(Cl)cc1Cl)N/N=C\c1cccc(Cl)c1Cl. The number of carbonyl (C=O) groups excluding carboxylic acids is 1. The Kier molecular flexibility index (Phi) is 7.85. The van der Waals surface area contributed by atoms with Crippen LogP contribution in [0.3, 0.4) is 0 Å². The first kappa shape index (κ1) is 19.9. The highest BCUT2D eigenvalue weighted by atomic mass is 35.5. The van der Waals surface area contributed by atoms with Crippen LogP contribution in [-0.4, -0.2) is 18.7 Å². The molecule has 2 rings (SSSR count). The van der Waals surface area contributed by atoms with Gasteiger partial charge in [0.25, 0.3) is 0 Å². The Balaban J connectivity index is 1.72. The number of nitrogens with zero attached hydrogens (tertiary/aromatic N) is 1. The van der Waals surface area contributed by atoms with Crippen LogP contribution in [0, 0.1) is 0 Å². The molecule has 2 aromatic carbocycles. The predicted octanol–water partition coefficient (Wildman–Crippen LogP) is 5.61. The molecule has 0 heterocycles. The number of rotatable bonds is 7. The summed E-state index contributed by atoms with van der Waals surface area (Å²) in [5.74, 6) is 0.292. The lowest BCUT2D eigenvalue weighted by Crippen LogP contribution is -2.18. The zero-order chi connectivity index (χ0) is 18.2. The number of ether oxygens (including phenoxy) is 1. The Morgan fingerprint density at radius 1 is 1.12 bits per heavy atom. The number of benzene rings is 2. The first-order valence-corrected chi connectivity index (χ1v) is 8.82. The summed E-state index contributed by atoms with van der Waals surface area (Å²) in [6.45, 7) is 0.346. The van der Waals surface area contributed by atoms with Gasteiger partial charge in [-0.1, -0.05) is 58.5 Å². The van der Waals surface area contributed by atoms with Crippen molar-refractivity contribution in [2.75, 3.05) is 6.61 Å². The molecule has 4 nitrogen and oxygen atoms in total. The van der Waals surface area contributed by atoms with Gasteiger partial charge in [0, 0.05) is 17.0 Å². The number of halogens is 4. The molecule has 132 valence electrons. The molecule has 0 atom stereocenters. The van der Waals surface area contributed by atoms with Gasteiger partial charge in [0.15, 0.2) is 0 Å². The zero-order valence-electron chi connectivity index (χ0n) is 12.9. The number of nitrogens with one attached hydrogen (secondary N) is 1. The predicted molar refractivity (Wildman–Crippen MR) is 103 cm³/mol. The van der Waals surface area contributed by atoms with Gasteiger partial charge in [-0.25, -0.2) is 5.43 Å². The fourth-order valence-corrected chi connectivity index (χ4v) is 2.68. The van der Waals surface area contributed by atoms with Crippen LogP contribution in [0.15, 0.2) is 41.5 Å². The van der Waals surface area contributed by atoms with Crippen molar-refractivity contribution in [2.24, 2.45) is 5.10 Å². The Morgan fingerprint density at radius 3 is 2.68 bits per heavy atom.